The van der Waals surface area contributed by atoms with Gasteiger partial charge in [-0.2, -0.15) is 0 Å². The van der Waals surface area contributed by atoms with Crippen molar-refractivity contribution in [2.75, 3.05) is 38.3 Å². The van der Waals surface area contributed by atoms with Crippen molar-refractivity contribution in [3.05, 3.63) is 59.7 Å². The molecule has 0 radical (unpaired) electrons. The van der Waals surface area contributed by atoms with E-state index in [0.29, 0.717) is 31.9 Å². The lowest BCUT2D eigenvalue weighted by molar-refractivity contribution is 0.0392. The molecular formula is C20H24F2N2O2. The number of nitrogens with zero attached hydrogens (tertiary/aromatic N) is 1. The Morgan fingerprint density at radius 3 is 2.88 bits per heavy atom. The highest BCUT2D eigenvalue weighted by Crippen LogP contribution is 2.23. The Balaban J connectivity index is 1.58. The van der Waals surface area contributed by atoms with E-state index in [9.17, 15) is 8.78 Å². The van der Waals surface area contributed by atoms with Gasteiger partial charge in [-0.25, -0.2) is 8.78 Å². The van der Waals surface area contributed by atoms with Crippen LogP contribution in [0.4, 0.5) is 14.5 Å². The lowest BCUT2D eigenvalue weighted by Crippen LogP contribution is -2.47. The number of halogens is 2. The average Bonchev–Trinajstić information content (AvgIpc) is 2.66. The Labute approximate surface area is 152 Å². The lowest BCUT2D eigenvalue weighted by atomic mass is 10.1. The smallest absolute Gasteiger partial charge is 0.149 e. The van der Waals surface area contributed by atoms with Crippen molar-refractivity contribution in [3.63, 3.8) is 0 Å². The van der Waals surface area contributed by atoms with Crippen LogP contribution in [0.15, 0.2) is 42.5 Å². The van der Waals surface area contributed by atoms with Gasteiger partial charge >= 0.3 is 0 Å². The average molecular weight is 362 g/mol. The first-order valence-electron chi connectivity index (χ1n) is 8.75. The van der Waals surface area contributed by atoms with E-state index in [-0.39, 0.29) is 12.1 Å². The van der Waals surface area contributed by atoms with Crippen molar-refractivity contribution in [2.45, 2.75) is 19.1 Å². The maximum atomic E-state index is 14.0. The maximum absolute atomic E-state index is 14.0. The molecule has 0 aromatic heterocycles. The fourth-order valence-electron chi connectivity index (χ4n) is 3.14. The summed E-state index contributed by atoms with van der Waals surface area (Å²) in [5.74, 6) is -0.281. The summed E-state index contributed by atoms with van der Waals surface area (Å²) in [6.07, 6.45) is -0.0683. The third-order valence-electron chi connectivity index (χ3n) is 4.63. The topological polar surface area (TPSA) is 33.7 Å². The van der Waals surface area contributed by atoms with E-state index in [0.717, 1.165) is 17.4 Å². The van der Waals surface area contributed by atoms with Crippen molar-refractivity contribution in [3.8, 4) is 5.75 Å². The highest BCUT2D eigenvalue weighted by molar-refractivity contribution is 5.48. The second-order valence-electron chi connectivity index (χ2n) is 6.44. The first kappa shape index (κ1) is 18.6. The van der Waals surface area contributed by atoms with Crippen LogP contribution in [0.1, 0.15) is 18.5 Å². The highest BCUT2D eigenvalue weighted by atomic mass is 19.1. The van der Waals surface area contributed by atoms with Gasteiger partial charge in [0.1, 0.15) is 17.4 Å². The molecule has 2 aromatic rings. The number of morpholine rings is 1. The molecule has 6 heteroatoms. The lowest BCUT2D eigenvalue weighted by Gasteiger charge is -2.35. The summed E-state index contributed by atoms with van der Waals surface area (Å²) < 4.78 is 38.2. The number of ether oxygens (including phenoxy) is 2. The summed E-state index contributed by atoms with van der Waals surface area (Å²) >= 11 is 0. The van der Waals surface area contributed by atoms with Crippen molar-refractivity contribution in [2.24, 2.45) is 0 Å². The Bertz CT molecular complexity index is 742. The largest absolute Gasteiger partial charge is 0.497 e. The van der Waals surface area contributed by atoms with Gasteiger partial charge in [-0.15, -0.1) is 0 Å². The molecule has 0 aliphatic carbocycles. The van der Waals surface area contributed by atoms with E-state index in [1.807, 2.05) is 29.2 Å². The Morgan fingerprint density at radius 2 is 2.12 bits per heavy atom. The third-order valence-corrected chi connectivity index (χ3v) is 4.63. The van der Waals surface area contributed by atoms with E-state index in [2.05, 4.69) is 12.2 Å². The molecule has 0 saturated carbocycles. The van der Waals surface area contributed by atoms with Crippen LogP contribution in [-0.2, 0) is 4.74 Å². The van der Waals surface area contributed by atoms with E-state index >= 15 is 0 Å². The van der Waals surface area contributed by atoms with Gasteiger partial charge in [-0.05, 0) is 36.8 Å². The number of hydrogen-bond donors (Lipinski definition) is 1. The van der Waals surface area contributed by atoms with Gasteiger partial charge in [-0.1, -0.05) is 12.1 Å². The number of anilines is 1. The standard InChI is InChI=1S/C20H24F2N2O2/c1-14(15-4-3-5-17(10-15)25-2)23-12-18-13-24(8-9-26-18)20-7-6-16(21)11-19(20)22/h3-7,10-11,14,18,23H,8-9,12-13H2,1-2H3. The summed E-state index contributed by atoms with van der Waals surface area (Å²) in [6.45, 7) is 4.37. The second kappa shape index (κ2) is 8.47. The maximum Gasteiger partial charge on any atom is 0.149 e. The molecule has 1 N–H and O–H groups in total. The van der Waals surface area contributed by atoms with Crippen LogP contribution in [0.5, 0.6) is 5.75 Å². The number of hydrogen-bond acceptors (Lipinski definition) is 4. The van der Waals surface area contributed by atoms with Gasteiger partial charge in [0.25, 0.3) is 0 Å². The summed E-state index contributed by atoms with van der Waals surface area (Å²) in [4.78, 5) is 1.90. The Hall–Kier alpha value is -2.18. The van der Waals surface area contributed by atoms with Crippen molar-refractivity contribution in [1.29, 1.82) is 0 Å². The van der Waals surface area contributed by atoms with Crippen LogP contribution in [0.2, 0.25) is 0 Å². The highest BCUT2D eigenvalue weighted by Gasteiger charge is 2.23. The molecule has 4 nitrogen and oxygen atoms in total. The molecule has 1 heterocycles. The Morgan fingerprint density at radius 1 is 1.27 bits per heavy atom. The van der Waals surface area contributed by atoms with E-state index in [1.54, 1.807) is 7.11 Å². The molecule has 2 unspecified atom stereocenters. The molecule has 0 bridgehead atoms. The monoisotopic (exact) mass is 362 g/mol. The predicted octanol–water partition coefficient (Wildman–Crippen LogP) is 3.53. The molecule has 140 valence electrons. The number of benzene rings is 2. The number of methoxy groups -OCH3 is 1. The second-order valence-corrected chi connectivity index (χ2v) is 6.44. The predicted molar refractivity (Wildman–Crippen MR) is 97.7 cm³/mol. The fourth-order valence-corrected chi connectivity index (χ4v) is 3.14. The molecular weight excluding hydrogens is 338 g/mol. The first-order valence-corrected chi connectivity index (χ1v) is 8.75. The molecule has 2 aromatic carbocycles. The van der Waals surface area contributed by atoms with Gasteiger partial charge in [0.2, 0.25) is 0 Å². The summed E-state index contributed by atoms with van der Waals surface area (Å²) in [6, 6.07) is 11.7. The SMILES string of the molecule is COc1cccc(C(C)NCC2CN(c3ccc(F)cc3F)CCO2)c1. The van der Waals surface area contributed by atoms with Crippen LogP contribution in [-0.4, -0.2) is 39.5 Å². The van der Waals surface area contributed by atoms with Gasteiger partial charge in [0, 0.05) is 31.7 Å². The molecule has 26 heavy (non-hydrogen) atoms. The zero-order chi connectivity index (χ0) is 18.5. The van der Waals surface area contributed by atoms with E-state index in [1.165, 1.54) is 12.1 Å². The molecule has 0 amide bonds. The van der Waals surface area contributed by atoms with Gasteiger partial charge in [-0.3, -0.25) is 0 Å². The van der Waals surface area contributed by atoms with Crippen molar-refractivity contribution >= 4 is 5.69 Å². The minimum absolute atomic E-state index is 0.0683. The van der Waals surface area contributed by atoms with Crippen LogP contribution in [0, 0.1) is 11.6 Å². The van der Waals surface area contributed by atoms with E-state index < -0.39 is 11.6 Å². The third kappa shape index (κ3) is 4.51. The molecule has 1 aliphatic heterocycles. The molecule has 1 aliphatic rings. The van der Waals surface area contributed by atoms with E-state index in [4.69, 9.17) is 9.47 Å². The molecule has 1 fully saturated rings. The van der Waals surface area contributed by atoms with Crippen LogP contribution >= 0.6 is 0 Å². The minimum atomic E-state index is -0.565. The molecule has 0 spiro atoms. The zero-order valence-corrected chi connectivity index (χ0v) is 15.0. The summed E-state index contributed by atoms with van der Waals surface area (Å²) in [5, 5.41) is 3.45. The van der Waals surface area contributed by atoms with Gasteiger partial charge in [0.15, 0.2) is 0 Å². The van der Waals surface area contributed by atoms with Crippen LogP contribution < -0.4 is 15.0 Å². The van der Waals surface area contributed by atoms with Crippen molar-refractivity contribution < 1.29 is 18.3 Å². The number of rotatable bonds is 6. The molecule has 3 rings (SSSR count). The van der Waals surface area contributed by atoms with Crippen LogP contribution in [0.3, 0.4) is 0 Å². The van der Waals surface area contributed by atoms with Crippen molar-refractivity contribution in [1.82, 2.24) is 5.32 Å². The quantitative estimate of drug-likeness (QED) is 0.852. The fraction of sp³-hybridized carbons (Fsp3) is 0.400. The zero-order valence-electron chi connectivity index (χ0n) is 15.0. The molecule has 2 atom stereocenters. The summed E-state index contributed by atoms with van der Waals surface area (Å²) in [7, 11) is 1.65. The first-order chi connectivity index (χ1) is 12.6. The normalized spacial score (nSPS) is 18.6. The minimum Gasteiger partial charge on any atom is -0.497 e. The van der Waals surface area contributed by atoms with Gasteiger partial charge < -0.3 is 19.7 Å². The van der Waals surface area contributed by atoms with Gasteiger partial charge in [0.05, 0.1) is 25.5 Å². The summed E-state index contributed by atoms with van der Waals surface area (Å²) in [5.41, 5.74) is 1.54. The van der Waals surface area contributed by atoms with Crippen LogP contribution in [0.25, 0.3) is 0 Å². The molecule has 1 saturated heterocycles. The Kier molecular flexibility index (Phi) is 6.06. The number of nitrogens with one attached hydrogen (secondary N) is 1.